The van der Waals surface area contributed by atoms with Crippen molar-refractivity contribution in [2.75, 3.05) is 17.1 Å². The first-order valence-corrected chi connectivity index (χ1v) is 14.7. The molecule has 0 unspecified atom stereocenters. The SMILES string of the molecule is C[C@@H](C(=O)NC1CCCCC1)N(Cc1ccc(Cl)cc1Cl)C(=O)CN(c1ccc(Cl)cc1)S(C)(=O)=O. The van der Waals surface area contributed by atoms with Crippen molar-refractivity contribution in [3.05, 3.63) is 63.1 Å². The number of hydrogen-bond donors (Lipinski definition) is 1. The van der Waals surface area contributed by atoms with Gasteiger partial charge < -0.3 is 10.2 Å². The number of rotatable bonds is 9. The molecule has 0 radical (unpaired) electrons. The normalized spacial score (nSPS) is 15.2. The first-order valence-electron chi connectivity index (χ1n) is 11.7. The average molecular weight is 575 g/mol. The lowest BCUT2D eigenvalue weighted by molar-refractivity contribution is -0.139. The lowest BCUT2D eigenvalue weighted by Gasteiger charge is -2.33. The maximum absolute atomic E-state index is 13.6. The summed E-state index contributed by atoms with van der Waals surface area (Å²) >= 11 is 18.3. The van der Waals surface area contributed by atoms with Crippen LogP contribution in [0.25, 0.3) is 0 Å². The Kier molecular flexibility index (Phi) is 9.92. The van der Waals surface area contributed by atoms with Crippen LogP contribution in [0, 0.1) is 0 Å². The molecule has 196 valence electrons. The second-order valence-corrected chi connectivity index (χ2v) is 12.2. The summed E-state index contributed by atoms with van der Waals surface area (Å²) in [5.41, 5.74) is 0.878. The van der Waals surface area contributed by atoms with Gasteiger partial charge in [-0.25, -0.2) is 8.42 Å². The Morgan fingerprint density at radius 2 is 1.61 bits per heavy atom. The molecule has 11 heteroatoms. The summed E-state index contributed by atoms with van der Waals surface area (Å²) in [6.07, 6.45) is 6.06. The van der Waals surface area contributed by atoms with Gasteiger partial charge in [-0.1, -0.05) is 60.1 Å². The Hall–Kier alpha value is -2.00. The molecule has 0 spiro atoms. The summed E-state index contributed by atoms with van der Waals surface area (Å²) < 4.78 is 26.2. The summed E-state index contributed by atoms with van der Waals surface area (Å²) in [7, 11) is -3.82. The lowest BCUT2D eigenvalue weighted by Crippen LogP contribution is -2.53. The molecule has 1 aliphatic carbocycles. The van der Waals surface area contributed by atoms with Crippen molar-refractivity contribution in [3.63, 3.8) is 0 Å². The standard InChI is InChI=1S/C25H30Cl3N3O4S/c1-17(25(33)29-21-6-4-3-5-7-21)30(15-18-8-9-20(27)14-23(18)28)24(32)16-31(36(2,34)35)22-12-10-19(26)11-13-22/h8-14,17,21H,3-7,15-16H2,1-2H3,(H,29,33)/t17-/m0/s1. The smallest absolute Gasteiger partial charge is 0.244 e. The van der Waals surface area contributed by atoms with Crippen LogP contribution in [0.2, 0.25) is 15.1 Å². The summed E-state index contributed by atoms with van der Waals surface area (Å²) in [6.45, 7) is 1.14. The first-order chi connectivity index (χ1) is 17.0. The van der Waals surface area contributed by atoms with Gasteiger partial charge in [0.2, 0.25) is 21.8 Å². The van der Waals surface area contributed by atoms with E-state index in [1.165, 1.54) is 17.0 Å². The molecular formula is C25H30Cl3N3O4S. The number of anilines is 1. The minimum Gasteiger partial charge on any atom is -0.352 e. The van der Waals surface area contributed by atoms with Gasteiger partial charge in [-0.15, -0.1) is 0 Å². The van der Waals surface area contributed by atoms with Crippen molar-refractivity contribution in [1.82, 2.24) is 10.2 Å². The molecule has 0 saturated heterocycles. The molecule has 3 rings (SSSR count). The van der Waals surface area contributed by atoms with E-state index in [4.69, 9.17) is 34.8 Å². The van der Waals surface area contributed by atoms with Gasteiger partial charge in [-0.3, -0.25) is 13.9 Å². The van der Waals surface area contributed by atoms with Gasteiger partial charge in [0.25, 0.3) is 0 Å². The summed E-state index contributed by atoms with van der Waals surface area (Å²) in [6, 6.07) is 10.2. The second kappa shape index (κ2) is 12.5. The van der Waals surface area contributed by atoms with Crippen LogP contribution in [-0.4, -0.2) is 50.0 Å². The molecule has 0 aliphatic heterocycles. The average Bonchev–Trinajstić information content (AvgIpc) is 2.82. The molecule has 36 heavy (non-hydrogen) atoms. The number of halogens is 3. The van der Waals surface area contributed by atoms with Crippen molar-refractivity contribution < 1.29 is 18.0 Å². The molecule has 0 bridgehead atoms. The van der Waals surface area contributed by atoms with Gasteiger partial charge in [0.05, 0.1) is 11.9 Å². The molecule has 1 aliphatic rings. The zero-order valence-corrected chi connectivity index (χ0v) is 23.3. The molecular weight excluding hydrogens is 545 g/mol. The molecule has 1 fully saturated rings. The fraction of sp³-hybridized carbons (Fsp3) is 0.440. The van der Waals surface area contributed by atoms with E-state index in [2.05, 4.69) is 5.32 Å². The van der Waals surface area contributed by atoms with Crippen LogP contribution in [0.5, 0.6) is 0 Å². The molecule has 1 saturated carbocycles. The van der Waals surface area contributed by atoms with Crippen LogP contribution in [0.15, 0.2) is 42.5 Å². The lowest BCUT2D eigenvalue weighted by atomic mass is 9.95. The van der Waals surface area contributed by atoms with E-state index < -0.39 is 28.5 Å². The molecule has 7 nitrogen and oxygen atoms in total. The second-order valence-electron chi connectivity index (χ2n) is 9.02. The van der Waals surface area contributed by atoms with Gasteiger partial charge >= 0.3 is 0 Å². The maximum Gasteiger partial charge on any atom is 0.244 e. The Labute approximate surface area is 227 Å². The summed E-state index contributed by atoms with van der Waals surface area (Å²) in [4.78, 5) is 28.1. The van der Waals surface area contributed by atoms with Crippen LogP contribution < -0.4 is 9.62 Å². The fourth-order valence-electron chi connectivity index (χ4n) is 4.21. The van der Waals surface area contributed by atoms with Gasteiger partial charge in [-0.05, 0) is 61.7 Å². The van der Waals surface area contributed by atoms with Crippen LogP contribution in [0.3, 0.4) is 0 Å². The fourth-order valence-corrected chi connectivity index (χ4v) is 5.65. The maximum atomic E-state index is 13.6. The Morgan fingerprint density at radius 3 is 2.19 bits per heavy atom. The monoisotopic (exact) mass is 573 g/mol. The molecule has 0 heterocycles. The predicted octanol–water partition coefficient (Wildman–Crippen LogP) is 5.28. The highest BCUT2D eigenvalue weighted by Gasteiger charge is 2.31. The molecule has 1 N–H and O–H groups in total. The van der Waals surface area contributed by atoms with E-state index in [9.17, 15) is 18.0 Å². The van der Waals surface area contributed by atoms with E-state index in [1.807, 2.05) is 0 Å². The molecule has 2 aromatic carbocycles. The van der Waals surface area contributed by atoms with Crippen molar-refractivity contribution in [2.45, 2.75) is 57.7 Å². The third kappa shape index (κ3) is 7.75. The number of hydrogen-bond acceptors (Lipinski definition) is 4. The number of nitrogens with one attached hydrogen (secondary N) is 1. The largest absolute Gasteiger partial charge is 0.352 e. The molecule has 2 amide bonds. The van der Waals surface area contributed by atoms with E-state index >= 15 is 0 Å². The van der Waals surface area contributed by atoms with E-state index in [0.29, 0.717) is 26.3 Å². The topological polar surface area (TPSA) is 86.8 Å². The van der Waals surface area contributed by atoms with Crippen molar-refractivity contribution >= 4 is 62.3 Å². The Bertz CT molecular complexity index is 1190. The summed E-state index contributed by atoms with van der Waals surface area (Å²) in [5.74, 6) is -0.842. The number of amides is 2. The first kappa shape index (κ1) is 28.6. The third-order valence-electron chi connectivity index (χ3n) is 6.27. The minimum absolute atomic E-state index is 0.00626. The highest BCUT2D eigenvalue weighted by molar-refractivity contribution is 7.92. The highest BCUT2D eigenvalue weighted by Crippen LogP contribution is 2.25. The van der Waals surface area contributed by atoms with Crippen molar-refractivity contribution in [1.29, 1.82) is 0 Å². The van der Waals surface area contributed by atoms with E-state index in [0.717, 1.165) is 42.7 Å². The summed E-state index contributed by atoms with van der Waals surface area (Å²) in [5, 5.41) is 4.27. The number of benzene rings is 2. The Balaban J connectivity index is 1.89. The van der Waals surface area contributed by atoms with E-state index in [1.54, 1.807) is 37.3 Å². The molecule has 1 atom stereocenters. The van der Waals surface area contributed by atoms with Crippen molar-refractivity contribution in [3.8, 4) is 0 Å². The number of carbonyl (C=O) groups excluding carboxylic acids is 2. The molecule has 2 aromatic rings. The third-order valence-corrected chi connectivity index (χ3v) is 8.25. The van der Waals surface area contributed by atoms with Crippen LogP contribution in [0.4, 0.5) is 5.69 Å². The molecule has 0 aromatic heterocycles. The zero-order chi connectivity index (χ0) is 26.5. The minimum atomic E-state index is -3.82. The van der Waals surface area contributed by atoms with Crippen LogP contribution in [0.1, 0.15) is 44.6 Å². The van der Waals surface area contributed by atoms with Crippen LogP contribution >= 0.6 is 34.8 Å². The van der Waals surface area contributed by atoms with Gasteiger partial charge in [-0.2, -0.15) is 0 Å². The highest BCUT2D eigenvalue weighted by atomic mass is 35.5. The Morgan fingerprint density at radius 1 is 1.00 bits per heavy atom. The number of sulfonamides is 1. The quantitative estimate of drug-likeness (QED) is 0.442. The van der Waals surface area contributed by atoms with Gasteiger partial charge in [0.1, 0.15) is 12.6 Å². The zero-order valence-electron chi connectivity index (χ0n) is 20.2. The van der Waals surface area contributed by atoms with Gasteiger partial charge in [0, 0.05) is 27.7 Å². The van der Waals surface area contributed by atoms with Crippen molar-refractivity contribution in [2.24, 2.45) is 0 Å². The predicted molar refractivity (Wildman–Crippen MR) is 145 cm³/mol. The number of nitrogens with zero attached hydrogens (tertiary/aromatic N) is 2. The van der Waals surface area contributed by atoms with Gasteiger partial charge in [0.15, 0.2) is 0 Å². The van der Waals surface area contributed by atoms with E-state index in [-0.39, 0.29) is 18.5 Å². The number of carbonyl (C=O) groups is 2. The van der Waals surface area contributed by atoms with Crippen LogP contribution in [-0.2, 0) is 26.2 Å².